The van der Waals surface area contributed by atoms with Crippen molar-refractivity contribution in [2.75, 3.05) is 20.3 Å². The topological polar surface area (TPSA) is 78.2 Å². The normalized spacial score (nSPS) is 11.1. The van der Waals surface area contributed by atoms with Gasteiger partial charge in [-0.15, -0.1) is 0 Å². The number of pyridine rings is 1. The van der Waals surface area contributed by atoms with Crippen LogP contribution in [0.2, 0.25) is 0 Å². The van der Waals surface area contributed by atoms with E-state index in [1.54, 1.807) is 24.9 Å². The van der Waals surface area contributed by atoms with Crippen LogP contribution >= 0.6 is 0 Å². The summed E-state index contributed by atoms with van der Waals surface area (Å²) in [5, 5.41) is 2.87. The van der Waals surface area contributed by atoms with Gasteiger partial charge in [-0.2, -0.15) is 0 Å². The Labute approximate surface area is 164 Å². The van der Waals surface area contributed by atoms with Gasteiger partial charge < -0.3 is 19.2 Å². The maximum atomic E-state index is 12.9. The lowest BCUT2D eigenvalue weighted by atomic mass is 10.1. The van der Waals surface area contributed by atoms with Crippen LogP contribution in [0.3, 0.4) is 0 Å². The third-order valence-electron chi connectivity index (χ3n) is 4.83. The molecule has 2 heterocycles. The first-order chi connectivity index (χ1) is 13.5. The molecule has 0 aliphatic carbocycles. The SMILES string of the molecule is COCCCn1c(C)cc(C)c(C(=O)NCCn2cnc3ccccc32)c1=O. The fourth-order valence-electron chi connectivity index (χ4n) is 3.42. The summed E-state index contributed by atoms with van der Waals surface area (Å²) in [4.78, 5) is 29.9. The number of hydrogen-bond donors (Lipinski definition) is 1. The summed E-state index contributed by atoms with van der Waals surface area (Å²) in [7, 11) is 1.63. The van der Waals surface area contributed by atoms with Gasteiger partial charge in [0, 0.05) is 39.0 Å². The smallest absolute Gasteiger partial charge is 0.263 e. The lowest BCUT2D eigenvalue weighted by Crippen LogP contribution is -2.36. The van der Waals surface area contributed by atoms with E-state index in [9.17, 15) is 9.59 Å². The Balaban J connectivity index is 1.71. The molecular formula is C21H26N4O3. The largest absolute Gasteiger partial charge is 0.385 e. The van der Waals surface area contributed by atoms with Gasteiger partial charge in [-0.1, -0.05) is 12.1 Å². The van der Waals surface area contributed by atoms with E-state index in [1.807, 2.05) is 41.8 Å². The van der Waals surface area contributed by atoms with Crippen molar-refractivity contribution in [3.8, 4) is 0 Å². The van der Waals surface area contributed by atoms with Crippen LogP contribution in [0.4, 0.5) is 0 Å². The minimum absolute atomic E-state index is 0.207. The molecule has 2 aromatic heterocycles. The Morgan fingerprint density at radius 1 is 1.21 bits per heavy atom. The summed E-state index contributed by atoms with van der Waals surface area (Å²) in [6.07, 6.45) is 2.48. The molecule has 0 bridgehead atoms. The first-order valence-electron chi connectivity index (χ1n) is 9.41. The summed E-state index contributed by atoms with van der Waals surface area (Å²) < 4.78 is 8.69. The molecular weight excluding hydrogens is 356 g/mol. The zero-order chi connectivity index (χ0) is 20.1. The van der Waals surface area contributed by atoms with Crippen molar-refractivity contribution >= 4 is 16.9 Å². The summed E-state index contributed by atoms with van der Waals surface area (Å²) in [5.74, 6) is -0.340. The van der Waals surface area contributed by atoms with Crippen LogP contribution in [0.1, 0.15) is 28.0 Å². The van der Waals surface area contributed by atoms with E-state index < -0.39 is 0 Å². The molecule has 0 atom stereocenters. The van der Waals surface area contributed by atoms with E-state index in [0.717, 1.165) is 23.1 Å². The second kappa shape index (κ2) is 8.84. The number of fused-ring (bicyclic) bond motifs is 1. The molecule has 1 aromatic carbocycles. The average molecular weight is 382 g/mol. The van der Waals surface area contributed by atoms with E-state index in [4.69, 9.17) is 4.74 Å². The van der Waals surface area contributed by atoms with Crippen molar-refractivity contribution < 1.29 is 9.53 Å². The number of imidazole rings is 1. The lowest BCUT2D eigenvalue weighted by Gasteiger charge is -2.14. The first kappa shape index (κ1) is 19.8. The number of para-hydroxylation sites is 2. The molecule has 0 spiro atoms. The number of ether oxygens (including phenoxy) is 1. The van der Waals surface area contributed by atoms with Crippen LogP contribution in [0, 0.1) is 13.8 Å². The molecule has 0 radical (unpaired) electrons. The van der Waals surface area contributed by atoms with E-state index in [1.165, 1.54) is 0 Å². The van der Waals surface area contributed by atoms with Crippen LogP contribution in [-0.2, 0) is 17.8 Å². The molecule has 1 N–H and O–H groups in total. The maximum Gasteiger partial charge on any atom is 0.263 e. The highest BCUT2D eigenvalue weighted by atomic mass is 16.5. The Morgan fingerprint density at radius 2 is 2.00 bits per heavy atom. The predicted octanol–water partition coefficient (Wildman–Crippen LogP) is 2.28. The number of rotatable bonds is 8. The van der Waals surface area contributed by atoms with Gasteiger partial charge >= 0.3 is 0 Å². The van der Waals surface area contributed by atoms with Crippen molar-refractivity contribution in [2.45, 2.75) is 33.4 Å². The number of carbonyl (C=O) groups excluding carboxylic acids is 1. The molecule has 0 unspecified atom stereocenters. The monoisotopic (exact) mass is 382 g/mol. The van der Waals surface area contributed by atoms with Gasteiger partial charge in [0.2, 0.25) is 0 Å². The highest BCUT2D eigenvalue weighted by Gasteiger charge is 2.17. The molecule has 0 fully saturated rings. The van der Waals surface area contributed by atoms with Crippen LogP contribution in [0.25, 0.3) is 11.0 Å². The van der Waals surface area contributed by atoms with Gasteiger partial charge in [0.25, 0.3) is 11.5 Å². The molecule has 3 rings (SSSR count). The molecule has 1 amide bonds. The van der Waals surface area contributed by atoms with E-state index in [-0.39, 0.29) is 17.0 Å². The molecule has 0 aliphatic heterocycles. The summed E-state index contributed by atoms with van der Waals surface area (Å²) in [5.41, 5.74) is 3.43. The number of nitrogens with one attached hydrogen (secondary N) is 1. The molecule has 28 heavy (non-hydrogen) atoms. The van der Waals surface area contributed by atoms with Crippen molar-refractivity contribution in [2.24, 2.45) is 0 Å². The summed E-state index contributed by atoms with van der Waals surface area (Å²) in [6.45, 7) is 5.77. The third-order valence-corrected chi connectivity index (χ3v) is 4.83. The lowest BCUT2D eigenvalue weighted by molar-refractivity contribution is 0.0949. The second-order valence-corrected chi connectivity index (χ2v) is 6.83. The molecule has 0 saturated carbocycles. The molecule has 3 aromatic rings. The van der Waals surface area contributed by atoms with Gasteiger partial charge in [0.1, 0.15) is 5.56 Å². The van der Waals surface area contributed by atoms with E-state index >= 15 is 0 Å². The molecule has 148 valence electrons. The molecule has 0 aliphatic rings. The van der Waals surface area contributed by atoms with Gasteiger partial charge in [-0.05, 0) is 44.0 Å². The third kappa shape index (κ3) is 4.14. The van der Waals surface area contributed by atoms with Gasteiger partial charge in [0.05, 0.1) is 17.4 Å². The highest BCUT2D eigenvalue weighted by Crippen LogP contribution is 2.11. The van der Waals surface area contributed by atoms with Crippen molar-refractivity contribution in [1.29, 1.82) is 0 Å². The van der Waals surface area contributed by atoms with E-state index in [0.29, 0.717) is 31.8 Å². The molecule has 0 saturated heterocycles. The Morgan fingerprint density at radius 3 is 2.79 bits per heavy atom. The Bertz CT molecular complexity index is 1040. The van der Waals surface area contributed by atoms with Gasteiger partial charge in [-0.3, -0.25) is 9.59 Å². The van der Waals surface area contributed by atoms with Crippen molar-refractivity contribution in [3.05, 3.63) is 63.8 Å². The van der Waals surface area contributed by atoms with Gasteiger partial charge in [0.15, 0.2) is 0 Å². The fraction of sp³-hybridized carbons (Fsp3) is 0.381. The summed E-state index contributed by atoms with van der Waals surface area (Å²) >= 11 is 0. The van der Waals surface area contributed by atoms with Crippen LogP contribution in [0.5, 0.6) is 0 Å². The maximum absolute atomic E-state index is 12.9. The fourth-order valence-corrected chi connectivity index (χ4v) is 3.42. The van der Waals surface area contributed by atoms with Gasteiger partial charge in [-0.25, -0.2) is 4.98 Å². The zero-order valence-electron chi connectivity index (χ0n) is 16.6. The Kier molecular flexibility index (Phi) is 6.26. The zero-order valence-corrected chi connectivity index (χ0v) is 16.6. The number of hydrogen-bond acceptors (Lipinski definition) is 4. The van der Waals surface area contributed by atoms with Crippen molar-refractivity contribution in [3.63, 3.8) is 0 Å². The number of carbonyl (C=O) groups is 1. The number of methoxy groups -OCH3 is 1. The van der Waals surface area contributed by atoms with Crippen molar-refractivity contribution in [1.82, 2.24) is 19.4 Å². The predicted molar refractivity (Wildman–Crippen MR) is 109 cm³/mol. The number of benzene rings is 1. The number of aromatic nitrogens is 3. The minimum atomic E-state index is -0.340. The number of aryl methyl sites for hydroxylation is 2. The second-order valence-electron chi connectivity index (χ2n) is 6.83. The average Bonchev–Trinajstić information content (AvgIpc) is 3.07. The van der Waals surface area contributed by atoms with Crippen LogP contribution in [-0.4, -0.2) is 40.3 Å². The quantitative estimate of drug-likeness (QED) is 0.606. The highest BCUT2D eigenvalue weighted by molar-refractivity contribution is 5.95. The Hall–Kier alpha value is -2.93. The van der Waals surface area contributed by atoms with E-state index in [2.05, 4.69) is 10.3 Å². The number of amides is 1. The molecule has 7 nitrogen and oxygen atoms in total. The molecule has 7 heteroatoms. The van der Waals surface area contributed by atoms with Crippen LogP contribution in [0.15, 0.2) is 41.5 Å². The first-order valence-corrected chi connectivity index (χ1v) is 9.41. The minimum Gasteiger partial charge on any atom is -0.385 e. The number of nitrogens with zero attached hydrogens (tertiary/aromatic N) is 3. The standard InChI is InChI=1S/C21H26N4O3/c1-15-13-16(2)25(10-6-12-28-3)21(27)19(15)20(26)22-9-11-24-14-23-17-7-4-5-8-18(17)24/h4-5,7-8,13-14H,6,9-12H2,1-3H3,(H,22,26). The summed E-state index contributed by atoms with van der Waals surface area (Å²) in [6, 6.07) is 9.73. The van der Waals surface area contributed by atoms with Crippen LogP contribution < -0.4 is 10.9 Å².